The first-order valence-electron chi connectivity index (χ1n) is 9.64. The van der Waals surface area contributed by atoms with Crippen molar-refractivity contribution in [2.45, 2.75) is 57.4 Å². The maximum Gasteiger partial charge on any atom is 0.315 e. The van der Waals surface area contributed by atoms with Gasteiger partial charge in [0.05, 0.1) is 11.9 Å². The van der Waals surface area contributed by atoms with Crippen molar-refractivity contribution >= 4 is 23.5 Å². The van der Waals surface area contributed by atoms with Gasteiger partial charge in [-0.15, -0.1) is 0 Å². The van der Waals surface area contributed by atoms with Gasteiger partial charge in [-0.1, -0.05) is 19.3 Å². The lowest BCUT2D eigenvalue weighted by Crippen LogP contribution is -2.43. The SMILES string of the molecule is O=C(CCCNC(=O)NC1CCCCC1)NCCC(=O)Nc1cccnc1. The average Bonchev–Trinajstić information content (AvgIpc) is 2.67. The summed E-state index contributed by atoms with van der Waals surface area (Å²) in [5.74, 6) is -0.303. The van der Waals surface area contributed by atoms with Gasteiger partial charge in [-0.25, -0.2) is 4.79 Å². The molecule has 0 bridgehead atoms. The summed E-state index contributed by atoms with van der Waals surface area (Å²) in [5.41, 5.74) is 0.631. The summed E-state index contributed by atoms with van der Waals surface area (Å²) in [4.78, 5) is 39.2. The zero-order valence-corrected chi connectivity index (χ0v) is 15.6. The first-order chi connectivity index (χ1) is 13.1. The molecule has 1 aromatic rings. The van der Waals surface area contributed by atoms with Crippen molar-refractivity contribution in [1.29, 1.82) is 0 Å². The Morgan fingerprint density at radius 2 is 1.81 bits per heavy atom. The van der Waals surface area contributed by atoms with Crippen LogP contribution < -0.4 is 21.3 Å². The molecule has 1 aromatic heterocycles. The Morgan fingerprint density at radius 1 is 1.00 bits per heavy atom. The third kappa shape index (κ3) is 9.03. The molecule has 1 aliphatic rings. The number of urea groups is 1. The lowest BCUT2D eigenvalue weighted by atomic mass is 9.96. The summed E-state index contributed by atoms with van der Waals surface area (Å²) in [5, 5.41) is 11.2. The summed E-state index contributed by atoms with van der Waals surface area (Å²) in [6.45, 7) is 0.730. The molecule has 2 rings (SSSR count). The first kappa shape index (κ1) is 20.7. The van der Waals surface area contributed by atoms with Crippen LogP contribution in [0.1, 0.15) is 51.4 Å². The number of amides is 4. The quantitative estimate of drug-likeness (QED) is 0.494. The summed E-state index contributed by atoms with van der Waals surface area (Å²) in [6, 6.07) is 3.61. The number of carbonyl (C=O) groups excluding carboxylic acids is 3. The number of hydrogen-bond donors (Lipinski definition) is 4. The van der Waals surface area contributed by atoms with Crippen LogP contribution >= 0.6 is 0 Å². The Balaban J connectivity index is 1.47. The Bertz CT molecular complexity index is 603. The molecule has 0 spiro atoms. The van der Waals surface area contributed by atoms with Crippen LogP contribution in [0.25, 0.3) is 0 Å². The molecule has 148 valence electrons. The molecule has 0 unspecified atom stereocenters. The molecule has 1 fully saturated rings. The van der Waals surface area contributed by atoms with Crippen molar-refractivity contribution in [3.05, 3.63) is 24.5 Å². The molecule has 8 nitrogen and oxygen atoms in total. The molecule has 0 aromatic carbocycles. The van der Waals surface area contributed by atoms with E-state index in [1.165, 1.54) is 19.3 Å². The van der Waals surface area contributed by atoms with Crippen molar-refractivity contribution in [2.24, 2.45) is 0 Å². The highest BCUT2D eigenvalue weighted by molar-refractivity contribution is 5.90. The van der Waals surface area contributed by atoms with E-state index in [0.29, 0.717) is 25.1 Å². The molecule has 4 N–H and O–H groups in total. The van der Waals surface area contributed by atoms with Crippen LogP contribution in [0.15, 0.2) is 24.5 Å². The maximum absolute atomic E-state index is 11.8. The molecule has 1 aliphatic carbocycles. The van der Waals surface area contributed by atoms with Crippen LogP contribution in [-0.2, 0) is 9.59 Å². The molecule has 0 saturated heterocycles. The number of nitrogens with one attached hydrogen (secondary N) is 4. The Kier molecular flexibility index (Phi) is 9.09. The fourth-order valence-electron chi connectivity index (χ4n) is 3.00. The van der Waals surface area contributed by atoms with Gasteiger partial charge < -0.3 is 21.3 Å². The summed E-state index contributed by atoms with van der Waals surface area (Å²) >= 11 is 0. The van der Waals surface area contributed by atoms with E-state index in [9.17, 15) is 14.4 Å². The fourth-order valence-corrected chi connectivity index (χ4v) is 3.00. The van der Waals surface area contributed by atoms with Gasteiger partial charge in [0.25, 0.3) is 0 Å². The third-order valence-electron chi connectivity index (χ3n) is 4.43. The topological polar surface area (TPSA) is 112 Å². The van der Waals surface area contributed by atoms with Crippen molar-refractivity contribution in [3.63, 3.8) is 0 Å². The zero-order valence-electron chi connectivity index (χ0n) is 15.6. The van der Waals surface area contributed by atoms with Gasteiger partial charge in [0.1, 0.15) is 0 Å². The van der Waals surface area contributed by atoms with E-state index in [4.69, 9.17) is 0 Å². The largest absolute Gasteiger partial charge is 0.356 e. The van der Waals surface area contributed by atoms with Crippen LogP contribution in [0.2, 0.25) is 0 Å². The maximum atomic E-state index is 11.8. The minimum atomic E-state index is -0.177. The van der Waals surface area contributed by atoms with E-state index in [0.717, 1.165) is 12.8 Å². The van der Waals surface area contributed by atoms with E-state index < -0.39 is 0 Å². The van der Waals surface area contributed by atoms with E-state index >= 15 is 0 Å². The van der Waals surface area contributed by atoms with Crippen LogP contribution in [-0.4, -0.2) is 42.0 Å². The van der Waals surface area contributed by atoms with Gasteiger partial charge in [0.2, 0.25) is 11.8 Å². The zero-order chi connectivity index (χ0) is 19.3. The smallest absolute Gasteiger partial charge is 0.315 e. The van der Waals surface area contributed by atoms with Gasteiger partial charge in [0, 0.05) is 38.2 Å². The number of hydrogen-bond acceptors (Lipinski definition) is 4. The normalized spacial score (nSPS) is 14.2. The van der Waals surface area contributed by atoms with Crippen molar-refractivity contribution in [2.75, 3.05) is 18.4 Å². The minimum Gasteiger partial charge on any atom is -0.356 e. The highest BCUT2D eigenvalue weighted by atomic mass is 16.2. The van der Waals surface area contributed by atoms with E-state index in [2.05, 4.69) is 26.3 Å². The number of aromatic nitrogens is 1. The lowest BCUT2D eigenvalue weighted by Gasteiger charge is -2.22. The van der Waals surface area contributed by atoms with E-state index in [1.807, 2.05) is 0 Å². The highest BCUT2D eigenvalue weighted by Crippen LogP contribution is 2.17. The second-order valence-electron chi connectivity index (χ2n) is 6.73. The average molecular weight is 375 g/mol. The Morgan fingerprint density at radius 3 is 2.56 bits per heavy atom. The predicted molar refractivity (Wildman–Crippen MR) is 103 cm³/mol. The lowest BCUT2D eigenvalue weighted by molar-refractivity contribution is -0.121. The Labute approximate surface area is 159 Å². The molecule has 1 saturated carbocycles. The van der Waals surface area contributed by atoms with E-state index in [1.54, 1.807) is 24.5 Å². The number of rotatable bonds is 9. The van der Waals surface area contributed by atoms with Gasteiger partial charge >= 0.3 is 6.03 Å². The van der Waals surface area contributed by atoms with Gasteiger partial charge in [-0.3, -0.25) is 14.6 Å². The molecule has 1 heterocycles. The number of nitrogens with zero attached hydrogens (tertiary/aromatic N) is 1. The van der Waals surface area contributed by atoms with Gasteiger partial charge in [-0.05, 0) is 31.4 Å². The van der Waals surface area contributed by atoms with Crippen LogP contribution in [0, 0.1) is 0 Å². The van der Waals surface area contributed by atoms with Gasteiger partial charge in [-0.2, -0.15) is 0 Å². The van der Waals surface area contributed by atoms with E-state index in [-0.39, 0.29) is 36.9 Å². The van der Waals surface area contributed by atoms with Crippen LogP contribution in [0.3, 0.4) is 0 Å². The molecular formula is C19H29N5O3. The summed E-state index contributed by atoms with van der Waals surface area (Å²) in [6.07, 6.45) is 9.95. The molecule has 0 radical (unpaired) electrons. The molecule has 4 amide bonds. The molecule has 0 atom stereocenters. The first-order valence-corrected chi connectivity index (χ1v) is 9.64. The van der Waals surface area contributed by atoms with Crippen molar-refractivity contribution < 1.29 is 14.4 Å². The Hall–Kier alpha value is -2.64. The number of pyridine rings is 1. The fraction of sp³-hybridized carbons (Fsp3) is 0.579. The van der Waals surface area contributed by atoms with Crippen molar-refractivity contribution in [3.8, 4) is 0 Å². The van der Waals surface area contributed by atoms with Crippen LogP contribution in [0.4, 0.5) is 10.5 Å². The second-order valence-corrected chi connectivity index (χ2v) is 6.73. The highest BCUT2D eigenvalue weighted by Gasteiger charge is 2.15. The third-order valence-corrected chi connectivity index (χ3v) is 4.43. The minimum absolute atomic E-state index is 0.126. The summed E-state index contributed by atoms with van der Waals surface area (Å²) in [7, 11) is 0. The van der Waals surface area contributed by atoms with Crippen molar-refractivity contribution in [1.82, 2.24) is 20.9 Å². The molecular weight excluding hydrogens is 346 g/mol. The molecule has 8 heteroatoms. The number of carbonyl (C=O) groups is 3. The van der Waals surface area contributed by atoms with Crippen LogP contribution in [0.5, 0.6) is 0 Å². The summed E-state index contributed by atoms with van der Waals surface area (Å²) < 4.78 is 0. The molecule has 27 heavy (non-hydrogen) atoms. The molecule has 0 aliphatic heterocycles. The monoisotopic (exact) mass is 375 g/mol. The number of anilines is 1. The predicted octanol–water partition coefficient (Wildman–Crippen LogP) is 1.94. The second kappa shape index (κ2) is 11.9. The standard InChI is InChI=1S/C19H29N5O3/c25-17(21-13-10-18(26)23-16-8-4-11-20-14-16)9-5-12-22-19(27)24-15-6-2-1-3-7-15/h4,8,11,14-15H,1-3,5-7,9-10,12-13H2,(H,21,25)(H,23,26)(H2,22,24,27). The van der Waals surface area contributed by atoms with Gasteiger partial charge in [0.15, 0.2) is 0 Å².